The van der Waals surface area contributed by atoms with Gasteiger partial charge in [-0.05, 0) is 81.3 Å². The second kappa shape index (κ2) is 15.2. The van der Waals surface area contributed by atoms with Gasteiger partial charge >= 0.3 is 6.09 Å². The summed E-state index contributed by atoms with van der Waals surface area (Å²) in [5.74, 6) is 1.37. The lowest BCUT2D eigenvalue weighted by Crippen LogP contribution is -2.50. The molecule has 0 aromatic heterocycles. The lowest BCUT2D eigenvalue weighted by atomic mass is 10.0. The molecule has 11 heteroatoms. The van der Waals surface area contributed by atoms with Crippen molar-refractivity contribution in [2.75, 3.05) is 59.8 Å². The highest BCUT2D eigenvalue weighted by Gasteiger charge is 2.27. The van der Waals surface area contributed by atoms with Gasteiger partial charge in [-0.25, -0.2) is 13.2 Å². The molecule has 2 aromatic rings. The van der Waals surface area contributed by atoms with Crippen molar-refractivity contribution in [3.63, 3.8) is 0 Å². The highest BCUT2D eigenvalue weighted by atomic mass is 32.2. The topological polar surface area (TPSA) is 99.3 Å². The maximum atomic E-state index is 13.6. The zero-order valence-electron chi connectivity index (χ0n) is 26.7. The Morgan fingerprint density at radius 3 is 2.28 bits per heavy atom. The molecule has 1 saturated heterocycles. The molecule has 1 aliphatic heterocycles. The number of hydrogen-bond donors (Lipinski definition) is 1. The fourth-order valence-corrected chi connectivity index (χ4v) is 6.34. The Morgan fingerprint density at radius 1 is 1.05 bits per heavy atom. The van der Waals surface area contributed by atoms with E-state index in [0.29, 0.717) is 37.6 Å². The van der Waals surface area contributed by atoms with Gasteiger partial charge in [-0.1, -0.05) is 33.1 Å². The average molecular weight is 633 g/mol. The number of carbonyl (C=O) groups is 2. The minimum Gasteiger partial charge on any atom is -0.444 e. The summed E-state index contributed by atoms with van der Waals surface area (Å²) in [5.41, 5.74) is 1.39. The molecule has 3 rings (SSSR count). The fraction of sp³-hybridized carbons (Fsp3) is 0.562. The van der Waals surface area contributed by atoms with Crippen LogP contribution in [0.25, 0.3) is 0 Å². The molecule has 1 aliphatic rings. The third-order valence-electron chi connectivity index (χ3n) is 7.40. The minimum atomic E-state index is -3.60. The van der Waals surface area contributed by atoms with E-state index in [1.54, 1.807) is 17.0 Å². The van der Waals surface area contributed by atoms with Crippen LogP contribution in [0.4, 0.5) is 21.9 Å². The van der Waals surface area contributed by atoms with Gasteiger partial charge in [-0.2, -0.15) is 0 Å². The van der Waals surface area contributed by atoms with E-state index in [0.717, 1.165) is 32.8 Å². The molecule has 2 amide bonds. The zero-order chi connectivity index (χ0) is 31.8. The largest absolute Gasteiger partial charge is 0.444 e. The lowest BCUT2D eigenvalue weighted by molar-refractivity contribution is 0.0240. The summed E-state index contributed by atoms with van der Waals surface area (Å²) in [6, 6.07) is 12.9. The van der Waals surface area contributed by atoms with Crippen molar-refractivity contribution in [3.05, 3.63) is 48.0 Å². The van der Waals surface area contributed by atoms with Crippen LogP contribution in [-0.4, -0.2) is 76.2 Å². The van der Waals surface area contributed by atoms with Crippen LogP contribution in [0.3, 0.4) is 0 Å². The van der Waals surface area contributed by atoms with Crippen molar-refractivity contribution in [3.8, 4) is 0 Å². The minimum absolute atomic E-state index is 0.250. The molecule has 238 valence electrons. The van der Waals surface area contributed by atoms with Crippen molar-refractivity contribution in [1.29, 1.82) is 0 Å². The molecule has 0 saturated carbocycles. The van der Waals surface area contributed by atoms with Crippen molar-refractivity contribution < 1.29 is 22.7 Å². The van der Waals surface area contributed by atoms with Crippen molar-refractivity contribution in [2.24, 2.45) is 5.92 Å². The molecule has 0 radical (unpaired) electrons. The normalized spacial score (nSPS) is 14.8. The van der Waals surface area contributed by atoms with Crippen molar-refractivity contribution in [2.45, 2.75) is 70.8 Å². The predicted molar refractivity (Wildman–Crippen MR) is 178 cm³/mol. The van der Waals surface area contributed by atoms with Crippen LogP contribution in [-0.2, 0) is 14.8 Å². The van der Waals surface area contributed by atoms with Crippen LogP contribution in [0, 0.1) is 5.92 Å². The SMILES string of the molecule is CCCC[C@@H](C)CCSc1ccc(NC(=O)c2cc(N3CCN(C(=O)OC(C)(C)C)CC3)ccc2N(C)S(C)(=O)=O)cc1. The first kappa shape index (κ1) is 34.6. The molecule has 1 atom stereocenters. The molecular formula is C32H48N4O5S2. The molecule has 2 aromatic carbocycles. The number of anilines is 3. The Morgan fingerprint density at radius 2 is 1.70 bits per heavy atom. The first-order valence-corrected chi connectivity index (χ1v) is 17.9. The summed E-state index contributed by atoms with van der Waals surface area (Å²) in [6.07, 6.45) is 5.71. The van der Waals surface area contributed by atoms with Crippen LogP contribution >= 0.6 is 11.8 Å². The molecule has 9 nitrogen and oxygen atoms in total. The molecular weight excluding hydrogens is 585 g/mol. The van der Waals surface area contributed by atoms with Crippen LogP contribution in [0.1, 0.15) is 70.7 Å². The summed E-state index contributed by atoms with van der Waals surface area (Å²) in [5, 5.41) is 2.95. The number of nitrogens with one attached hydrogen (secondary N) is 1. The summed E-state index contributed by atoms with van der Waals surface area (Å²) in [4.78, 5) is 31.0. The number of thioether (sulfide) groups is 1. The number of amides is 2. The Bertz CT molecular complexity index is 1330. The van der Waals surface area contributed by atoms with E-state index in [1.165, 1.54) is 32.7 Å². The van der Waals surface area contributed by atoms with Gasteiger partial charge in [0.15, 0.2) is 0 Å². The summed E-state index contributed by atoms with van der Waals surface area (Å²) < 4.78 is 31.4. The Hall–Kier alpha value is -2.92. The van der Waals surface area contributed by atoms with Gasteiger partial charge in [-0.3, -0.25) is 9.10 Å². The lowest BCUT2D eigenvalue weighted by Gasteiger charge is -2.37. The fourth-order valence-electron chi connectivity index (χ4n) is 4.74. The van der Waals surface area contributed by atoms with Crippen molar-refractivity contribution in [1.82, 2.24) is 4.90 Å². The number of benzene rings is 2. The Labute approximate surface area is 262 Å². The Kier molecular flexibility index (Phi) is 12.2. The Balaban J connectivity index is 1.72. The molecule has 0 aliphatic carbocycles. The van der Waals surface area contributed by atoms with Gasteiger partial charge in [0.2, 0.25) is 10.0 Å². The molecule has 43 heavy (non-hydrogen) atoms. The van der Waals surface area contributed by atoms with Gasteiger partial charge < -0.3 is 19.9 Å². The molecule has 0 unspecified atom stereocenters. The van der Waals surface area contributed by atoms with Gasteiger partial charge in [0.25, 0.3) is 5.91 Å². The number of ether oxygens (including phenoxy) is 1. The number of sulfonamides is 1. The maximum Gasteiger partial charge on any atom is 0.410 e. The molecule has 0 spiro atoms. The highest BCUT2D eigenvalue weighted by molar-refractivity contribution is 7.99. The zero-order valence-corrected chi connectivity index (χ0v) is 28.3. The number of hydrogen-bond acceptors (Lipinski definition) is 7. The van der Waals surface area contributed by atoms with E-state index < -0.39 is 21.5 Å². The highest BCUT2D eigenvalue weighted by Crippen LogP contribution is 2.30. The number of nitrogens with zero attached hydrogens (tertiary/aromatic N) is 3. The number of carbonyl (C=O) groups excluding carboxylic acids is 2. The average Bonchev–Trinajstić information content (AvgIpc) is 2.95. The standard InChI is InChI=1S/C32H48N4O5S2/c1-8-9-10-24(2)17-22-42-27-14-11-25(12-15-27)33-30(37)28-23-26(13-16-29(28)34(6)43(7,39)40)35-18-20-36(21-19-35)31(38)41-32(3,4)5/h11-16,23-24H,8-10,17-22H2,1-7H3,(H,33,37)/t24-/m1/s1. The smallest absolute Gasteiger partial charge is 0.410 e. The first-order chi connectivity index (χ1) is 20.2. The van der Waals surface area contributed by atoms with Gasteiger partial charge in [0.1, 0.15) is 5.60 Å². The molecule has 1 N–H and O–H groups in total. The van der Waals surface area contributed by atoms with E-state index in [4.69, 9.17) is 4.74 Å². The van der Waals surface area contributed by atoms with Gasteiger partial charge in [-0.15, -0.1) is 11.8 Å². The number of piperazine rings is 1. The second-order valence-corrected chi connectivity index (χ2v) is 15.4. The van der Waals surface area contributed by atoms with E-state index in [9.17, 15) is 18.0 Å². The molecule has 0 bridgehead atoms. The number of rotatable bonds is 12. The second-order valence-electron chi connectivity index (χ2n) is 12.2. The van der Waals surface area contributed by atoms with E-state index in [2.05, 4.69) is 24.1 Å². The third kappa shape index (κ3) is 10.6. The van der Waals surface area contributed by atoms with Crippen LogP contribution in [0.5, 0.6) is 0 Å². The molecule has 1 fully saturated rings. The van der Waals surface area contributed by atoms with Crippen LogP contribution in [0.2, 0.25) is 0 Å². The van der Waals surface area contributed by atoms with E-state index in [1.807, 2.05) is 62.9 Å². The van der Waals surface area contributed by atoms with Crippen molar-refractivity contribution >= 4 is 50.8 Å². The van der Waals surface area contributed by atoms with Crippen LogP contribution < -0.4 is 14.5 Å². The summed E-state index contributed by atoms with van der Waals surface area (Å²) in [7, 11) is -2.16. The quantitative estimate of drug-likeness (QED) is 0.260. The molecule has 1 heterocycles. The van der Waals surface area contributed by atoms with Crippen LogP contribution in [0.15, 0.2) is 47.4 Å². The van der Waals surface area contributed by atoms with E-state index in [-0.39, 0.29) is 11.7 Å². The summed E-state index contributed by atoms with van der Waals surface area (Å²) in [6.45, 7) is 12.1. The van der Waals surface area contributed by atoms with Gasteiger partial charge in [0.05, 0.1) is 17.5 Å². The first-order valence-electron chi connectivity index (χ1n) is 15.0. The third-order valence-corrected chi connectivity index (χ3v) is 9.64. The maximum absolute atomic E-state index is 13.6. The predicted octanol–water partition coefficient (Wildman–Crippen LogP) is 6.70. The van der Waals surface area contributed by atoms with Gasteiger partial charge in [0, 0.05) is 49.5 Å². The number of unbranched alkanes of at least 4 members (excludes halogenated alkanes) is 1. The summed E-state index contributed by atoms with van der Waals surface area (Å²) >= 11 is 1.81. The van der Waals surface area contributed by atoms with E-state index >= 15 is 0 Å². The monoisotopic (exact) mass is 632 g/mol.